The van der Waals surface area contributed by atoms with Gasteiger partial charge in [0, 0.05) is 17.1 Å². The van der Waals surface area contributed by atoms with Crippen molar-refractivity contribution in [2.75, 3.05) is 6.61 Å². The van der Waals surface area contributed by atoms with Crippen LogP contribution in [-0.2, 0) is 11.3 Å². The molecule has 0 unspecified atom stereocenters. The monoisotopic (exact) mass is 361 g/mol. The fraction of sp³-hybridized carbons (Fsp3) is 0.278. The summed E-state index contributed by atoms with van der Waals surface area (Å²) in [6.07, 6.45) is 0. The van der Waals surface area contributed by atoms with Crippen LogP contribution in [0.2, 0.25) is 0 Å². The molecule has 1 atom stereocenters. The predicted molar refractivity (Wildman–Crippen MR) is 91.8 cm³/mol. The van der Waals surface area contributed by atoms with E-state index in [-0.39, 0.29) is 12.0 Å². The van der Waals surface area contributed by atoms with Crippen LogP contribution < -0.4 is 5.32 Å². The van der Waals surface area contributed by atoms with E-state index in [1.54, 1.807) is 0 Å². The van der Waals surface area contributed by atoms with Crippen molar-refractivity contribution < 1.29 is 9.53 Å². The summed E-state index contributed by atoms with van der Waals surface area (Å²) in [7, 11) is 0. The summed E-state index contributed by atoms with van der Waals surface area (Å²) in [5, 5.41) is 3.45. The fourth-order valence-corrected chi connectivity index (χ4v) is 2.52. The van der Waals surface area contributed by atoms with Crippen molar-refractivity contribution in [3.8, 4) is 0 Å². The molecule has 0 radical (unpaired) electrons. The number of halogens is 1. The Labute approximate surface area is 139 Å². The molecule has 0 amide bonds. The van der Waals surface area contributed by atoms with Gasteiger partial charge in [0.15, 0.2) is 0 Å². The summed E-state index contributed by atoms with van der Waals surface area (Å²) in [6.45, 7) is 4.99. The van der Waals surface area contributed by atoms with Crippen molar-refractivity contribution in [2.45, 2.75) is 26.4 Å². The van der Waals surface area contributed by atoms with Crippen molar-refractivity contribution in [2.24, 2.45) is 0 Å². The molecule has 0 heterocycles. The predicted octanol–water partition coefficient (Wildman–Crippen LogP) is 4.48. The minimum Gasteiger partial charge on any atom is -0.462 e. The van der Waals surface area contributed by atoms with E-state index in [9.17, 15) is 4.79 Å². The Balaban J connectivity index is 2.07. The molecule has 22 heavy (non-hydrogen) atoms. The second kappa shape index (κ2) is 8.11. The first-order valence-corrected chi connectivity index (χ1v) is 8.15. The summed E-state index contributed by atoms with van der Waals surface area (Å²) in [5.74, 6) is -0.268. The van der Waals surface area contributed by atoms with E-state index in [1.807, 2.05) is 43.3 Å². The maximum atomic E-state index is 12.0. The topological polar surface area (TPSA) is 38.3 Å². The molecule has 0 spiro atoms. The van der Waals surface area contributed by atoms with Crippen molar-refractivity contribution >= 4 is 21.9 Å². The largest absolute Gasteiger partial charge is 0.462 e. The Hall–Kier alpha value is -1.65. The van der Waals surface area contributed by atoms with Crippen LogP contribution in [0.4, 0.5) is 0 Å². The van der Waals surface area contributed by atoms with E-state index in [2.05, 4.69) is 40.3 Å². The highest BCUT2D eigenvalue weighted by Gasteiger charge is 2.16. The molecule has 0 saturated heterocycles. The normalized spacial score (nSPS) is 12.0. The third-order valence-electron chi connectivity index (χ3n) is 3.45. The molecular formula is C18H20BrNO2. The van der Waals surface area contributed by atoms with Gasteiger partial charge in [0.25, 0.3) is 0 Å². The Morgan fingerprint density at radius 3 is 2.55 bits per heavy atom. The number of ether oxygens (including phenoxy) is 1. The van der Waals surface area contributed by atoms with Crippen LogP contribution in [0, 0.1) is 0 Å². The standard InChI is InChI=1S/C18H20BrNO2/c1-3-22-18(21)17-7-5-4-6-16(17)13(2)20-12-14-8-10-15(19)11-9-14/h4-11,13,20H,3,12H2,1-2H3/t13-/m0/s1. The number of nitrogens with one attached hydrogen (secondary N) is 1. The number of esters is 1. The molecule has 2 aromatic carbocycles. The van der Waals surface area contributed by atoms with E-state index in [0.717, 1.165) is 16.6 Å². The lowest BCUT2D eigenvalue weighted by molar-refractivity contribution is 0.0524. The molecule has 0 aliphatic heterocycles. The maximum Gasteiger partial charge on any atom is 0.338 e. The number of carbonyl (C=O) groups is 1. The lowest BCUT2D eigenvalue weighted by Gasteiger charge is -2.17. The van der Waals surface area contributed by atoms with E-state index >= 15 is 0 Å². The van der Waals surface area contributed by atoms with E-state index in [0.29, 0.717) is 12.2 Å². The summed E-state index contributed by atoms with van der Waals surface area (Å²) in [5.41, 5.74) is 2.78. The number of hydrogen-bond donors (Lipinski definition) is 1. The van der Waals surface area contributed by atoms with Crippen molar-refractivity contribution in [3.63, 3.8) is 0 Å². The highest BCUT2D eigenvalue weighted by molar-refractivity contribution is 9.10. The van der Waals surface area contributed by atoms with Gasteiger partial charge in [-0.15, -0.1) is 0 Å². The lowest BCUT2D eigenvalue weighted by atomic mass is 10.0. The van der Waals surface area contributed by atoms with Crippen LogP contribution in [0.3, 0.4) is 0 Å². The van der Waals surface area contributed by atoms with Crippen LogP contribution >= 0.6 is 15.9 Å². The number of hydrogen-bond acceptors (Lipinski definition) is 3. The Bertz CT molecular complexity index is 625. The molecular weight excluding hydrogens is 342 g/mol. The lowest BCUT2D eigenvalue weighted by Crippen LogP contribution is -2.21. The average Bonchev–Trinajstić information content (AvgIpc) is 2.54. The highest BCUT2D eigenvalue weighted by Crippen LogP contribution is 2.19. The van der Waals surface area contributed by atoms with Crippen LogP contribution in [0.5, 0.6) is 0 Å². The number of benzene rings is 2. The van der Waals surface area contributed by atoms with Crippen molar-refractivity contribution in [1.29, 1.82) is 0 Å². The van der Waals surface area contributed by atoms with Gasteiger partial charge in [0.1, 0.15) is 0 Å². The Morgan fingerprint density at radius 2 is 1.86 bits per heavy atom. The summed E-state index contributed by atoms with van der Waals surface area (Å²) >= 11 is 3.43. The van der Waals surface area contributed by atoms with Gasteiger partial charge in [-0.3, -0.25) is 0 Å². The molecule has 0 bridgehead atoms. The molecule has 3 nitrogen and oxygen atoms in total. The molecule has 4 heteroatoms. The van der Waals surface area contributed by atoms with Gasteiger partial charge in [-0.1, -0.05) is 46.3 Å². The van der Waals surface area contributed by atoms with E-state index in [4.69, 9.17) is 4.74 Å². The third-order valence-corrected chi connectivity index (χ3v) is 3.98. The quantitative estimate of drug-likeness (QED) is 0.771. The van der Waals surface area contributed by atoms with Crippen LogP contribution in [0.1, 0.15) is 41.4 Å². The average molecular weight is 362 g/mol. The zero-order chi connectivity index (χ0) is 15.9. The molecule has 1 N–H and O–H groups in total. The first-order valence-electron chi connectivity index (χ1n) is 7.35. The van der Waals surface area contributed by atoms with Gasteiger partial charge >= 0.3 is 5.97 Å². The van der Waals surface area contributed by atoms with Crippen LogP contribution in [0.15, 0.2) is 53.0 Å². The molecule has 0 aliphatic carbocycles. The molecule has 0 saturated carbocycles. The molecule has 2 aromatic rings. The molecule has 0 aliphatic rings. The molecule has 0 fully saturated rings. The smallest absolute Gasteiger partial charge is 0.338 e. The van der Waals surface area contributed by atoms with Gasteiger partial charge in [-0.2, -0.15) is 0 Å². The first-order chi connectivity index (χ1) is 10.6. The molecule has 2 rings (SSSR count). The third kappa shape index (κ3) is 4.42. The van der Waals surface area contributed by atoms with Gasteiger partial charge in [0.2, 0.25) is 0 Å². The fourth-order valence-electron chi connectivity index (χ4n) is 2.25. The van der Waals surface area contributed by atoms with Crippen molar-refractivity contribution in [3.05, 3.63) is 69.7 Å². The summed E-state index contributed by atoms with van der Waals surface area (Å²) in [6, 6.07) is 15.8. The molecule has 0 aromatic heterocycles. The van der Waals surface area contributed by atoms with Gasteiger partial charge in [0.05, 0.1) is 12.2 Å². The van der Waals surface area contributed by atoms with Gasteiger partial charge in [-0.25, -0.2) is 4.79 Å². The van der Waals surface area contributed by atoms with Crippen molar-refractivity contribution in [1.82, 2.24) is 5.32 Å². The minimum absolute atomic E-state index is 0.0595. The second-order valence-corrected chi connectivity index (χ2v) is 5.95. The Morgan fingerprint density at radius 1 is 1.18 bits per heavy atom. The summed E-state index contributed by atoms with van der Waals surface area (Å²) in [4.78, 5) is 12.0. The number of rotatable bonds is 6. The number of carbonyl (C=O) groups excluding carboxylic acids is 1. The molecule has 116 valence electrons. The summed E-state index contributed by atoms with van der Waals surface area (Å²) < 4.78 is 6.19. The minimum atomic E-state index is -0.268. The first kappa shape index (κ1) is 16.7. The van der Waals surface area contributed by atoms with E-state index in [1.165, 1.54) is 5.56 Å². The SMILES string of the molecule is CCOC(=O)c1ccccc1[C@H](C)NCc1ccc(Br)cc1. The Kier molecular flexibility index (Phi) is 6.16. The highest BCUT2D eigenvalue weighted by atomic mass is 79.9. The zero-order valence-corrected chi connectivity index (χ0v) is 14.4. The van der Waals surface area contributed by atoms with Gasteiger partial charge < -0.3 is 10.1 Å². The van der Waals surface area contributed by atoms with E-state index < -0.39 is 0 Å². The van der Waals surface area contributed by atoms with Crippen LogP contribution in [-0.4, -0.2) is 12.6 Å². The maximum absolute atomic E-state index is 12.0. The van der Waals surface area contributed by atoms with Gasteiger partial charge in [-0.05, 0) is 43.2 Å². The zero-order valence-electron chi connectivity index (χ0n) is 12.8. The van der Waals surface area contributed by atoms with Crippen LogP contribution in [0.25, 0.3) is 0 Å². The second-order valence-electron chi connectivity index (χ2n) is 5.04.